The lowest BCUT2D eigenvalue weighted by molar-refractivity contribution is -0.116. The fraction of sp³-hybridized carbons (Fsp3) is 0.0625. The molecule has 2 aromatic carbocycles. The van der Waals surface area contributed by atoms with Gasteiger partial charge in [0.25, 0.3) is 5.56 Å². The quantitative estimate of drug-likeness (QED) is 0.802. The summed E-state index contributed by atoms with van der Waals surface area (Å²) in [6.07, 6.45) is 1.23. The molecule has 3 aromatic rings. The lowest BCUT2D eigenvalue weighted by Gasteiger charge is -2.08. The molecule has 22 heavy (non-hydrogen) atoms. The van der Waals surface area contributed by atoms with Gasteiger partial charge in [0.2, 0.25) is 5.91 Å². The topological polar surface area (TPSA) is 64.0 Å². The highest BCUT2D eigenvalue weighted by atomic mass is 19.1. The molecule has 0 aliphatic carbocycles. The molecule has 0 atom stereocenters. The van der Waals surface area contributed by atoms with Crippen LogP contribution in [-0.2, 0) is 11.2 Å². The van der Waals surface area contributed by atoms with Crippen LogP contribution in [0, 0.1) is 5.82 Å². The van der Waals surface area contributed by atoms with Crippen molar-refractivity contribution in [1.82, 2.24) is 9.66 Å². The normalized spacial score (nSPS) is 10.6. The maximum absolute atomic E-state index is 13.1. The molecule has 1 heterocycles. The second-order valence-corrected chi connectivity index (χ2v) is 4.78. The zero-order valence-electron chi connectivity index (χ0n) is 11.5. The molecule has 0 saturated heterocycles. The average Bonchev–Trinajstić information content (AvgIpc) is 2.50. The van der Waals surface area contributed by atoms with Crippen LogP contribution >= 0.6 is 0 Å². The molecule has 6 heteroatoms. The monoisotopic (exact) mass is 297 g/mol. The Balaban J connectivity index is 1.82. The maximum Gasteiger partial charge on any atom is 0.280 e. The summed E-state index contributed by atoms with van der Waals surface area (Å²) in [5.41, 5.74) is 3.17. The highest BCUT2D eigenvalue weighted by Crippen LogP contribution is 2.05. The number of carbonyl (C=O) groups excluding carboxylic acids is 1. The summed E-state index contributed by atoms with van der Waals surface area (Å²) >= 11 is 0. The molecule has 1 aromatic heterocycles. The molecular formula is C16H12FN3O2. The van der Waals surface area contributed by atoms with Crippen molar-refractivity contribution in [2.45, 2.75) is 6.42 Å². The summed E-state index contributed by atoms with van der Waals surface area (Å²) in [7, 11) is 0. The molecule has 0 spiro atoms. The summed E-state index contributed by atoms with van der Waals surface area (Å²) in [6.45, 7) is 0. The Morgan fingerprint density at radius 1 is 1.18 bits per heavy atom. The Morgan fingerprint density at radius 2 is 2.00 bits per heavy atom. The lowest BCUT2D eigenvalue weighted by Crippen LogP contribution is -2.34. The molecule has 0 aliphatic heterocycles. The highest BCUT2D eigenvalue weighted by molar-refractivity contribution is 5.86. The van der Waals surface area contributed by atoms with E-state index in [-0.39, 0.29) is 12.0 Å². The van der Waals surface area contributed by atoms with Crippen molar-refractivity contribution < 1.29 is 9.18 Å². The van der Waals surface area contributed by atoms with E-state index in [2.05, 4.69) is 10.4 Å². The minimum absolute atomic E-state index is 0.0307. The molecule has 0 radical (unpaired) electrons. The molecule has 1 amide bonds. The minimum Gasteiger partial charge on any atom is -0.273 e. The van der Waals surface area contributed by atoms with E-state index in [9.17, 15) is 14.0 Å². The van der Waals surface area contributed by atoms with E-state index in [1.807, 2.05) is 0 Å². The van der Waals surface area contributed by atoms with Gasteiger partial charge in [-0.05, 0) is 29.8 Å². The van der Waals surface area contributed by atoms with Gasteiger partial charge in [-0.15, -0.1) is 0 Å². The molecular weight excluding hydrogens is 285 g/mol. The van der Waals surface area contributed by atoms with Gasteiger partial charge in [-0.2, -0.15) is 0 Å². The number of benzene rings is 2. The maximum atomic E-state index is 13.1. The molecule has 1 N–H and O–H groups in total. The van der Waals surface area contributed by atoms with E-state index in [4.69, 9.17) is 0 Å². The fourth-order valence-corrected chi connectivity index (χ4v) is 2.16. The van der Waals surface area contributed by atoms with Crippen molar-refractivity contribution in [3.05, 3.63) is 76.6 Å². The zero-order chi connectivity index (χ0) is 15.5. The van der Waals surface area contributed by atoms with Gasteiger partial charge in [-0.3, -0.25) is 15.0 Å². The third-order valence-corrected chi connectivity index (χ3v) is 3.16. The van der Waals surface area contributed by atoms with Gasteiger partial charge in [0.1, 0.15) is 12.1 Å². The van der Waals surface area contributed by atoms with Crippen LogP contribution in [0.2, 0.25) is 0 Å². The van der Waals surface area contributed by atoms with Gasteiger partial charge >= 0.3 is 0 Å². The van der Waals surface area contributed by atoms with Gasteiger partial charge in [-0.25, -0.2) is 14.1 Å². The van der Waals surface area contributed by atoms with Crippen molar-refractivity contribution >= 4 is 16.8 Å². The van der Waals surface area contributed by atoms with Gasteiger partial charge in [0.15, 0.2) is 0 Å². The Morgan fingerprint density at radius 3 is 2.82 bits per heavy atom. The van der Waals surface area contributed by atoms with E-state index in [1.54, 1.807) is 30.3 Å². The number of hydrogen-bond donors (Lipinski definition) is 1. The number of nitrogens with zero attached hydrogens (tertiary/aromatic N) is 2. The Bertz CT molecular complexity index is 905. The number of rotatable bonds is 3. The Hall–Kier alpha value is -3.02. The van der Waals surface area contributed by atoms with Crippen molar-refractivity contribution in [1.29, 1.82) is 0 Å². The van der Waals surface area contributed by atoms with Crippen LogP contribution in [0.5, 0.6) is 0 Å². The Labute approximate surface area is 125 Å². The van der Waals surface area contributed by atoms with Crippen LogP contribution < -0.4 is 11.0 Å². The molecule has 0 saturated carbocycles. The third kappa shape index (κ3) is 2.85. The average molecular weight is 297 g/mol. The number of aromatic nitrogens is 2. The fourth-order valence-electron chi connectivity index (χ4n) is 2.16. The summed E-state index contributed by atoms with van der Waals surface area (Å²) in [4.78, 5) is 28.3. The first kappa shape index (κ1) is 13.9. The van der Waals surface area contributed by atoms with Gasteiger partial charge < -0.3 is 0 Å². The number of para-hydroxylation sites is 1. The largest absolute Gasteiger partial charge is 0.280 e. The van der Waals surface area contributed by atoms with Crippen LogP contribution in [0.1, 0.15) is 5.56 Å². The van der Waals surface area contributed by atoms with Crippen LogP contribution in [0.4, 0.5) is 4.39 Å². The smallest absolute Gasteiger partial charge is 0.273 e. The van der Waals surface area contributed by atoms with Crippen LogP contribution in [0.15, 0.2) is 59.7 Å². The van der Waals surface area contributed by atoms with E-state index >= 15 is 0 Å². The Kier molecular flexibility index (Phi) is 3.65. The molecule has 110 valence electrons. The highest BCUT2D eigenvalue weighted by Gasteiger charge is 2.08. The molecule has 5 nitrogen and oxygen atoms in total. The van der Waals surface area contributed by atoms with Crippen molar-refractivity contribution in [3.8, 4) is 0 Å². The first-order chi connectivity index (χ1) is 10.6. The van der Waals surface area contributed by atoms with Gasteiger partial charge in [0, 0.05) is 0 Å². The van der Waals surface area contributed by atoms with Crippen LogP contribution in [0.25, 0.3) is 10.9 Å². The van der Waals surface area contributed by atoms with E-state index in [1.165, 1.54) is 24.5 Å². The molecule has 0 aliphatic rings. The number of carbonyl (C=O) groups is 1. The molecule has 3 rings (SSSR count). The van der Waals surface area contributed by atoms with Gasteiger partial charge in [-0.1, -0.05) is 24.3 Å². The summed E-state index contributed by atoms with van der Waals surface area (Å²) in [6, 6.07) is 12.6. The molecule has 0 unspecified atom stereocenters. The minimum atomic E-state index is -0.426. The van der Waals surface area contributed by atoms with Gasteiger partial charge in [0.05, 0.1) is 17.3 Å². The summed E-state index contributed by atoms with van der Waals surface area (Å²) in [5.74, 6) is -0.834. The number of nitrogens with one attached hydrogen (secondary N) is 1. The second-order valence-electron chi connectivity index (χ2n) is 4.78. The predicted molar refractivity (Wildman–Crippen MR) is 80.5 cm³/mol. The second kappa shape index (κ2) is 5.77. The van der Waals surface area contributed by atoms with Crippen molar-refractivity contribution in [2.24, 2.45) is 0 Å². The standard InChI is InChI=1S/C16H12FN3O2/c17-12-5-3-4-11(8-12)9-15(21)19-20-10-18-14-7-2-1-6-13(14)16(20)22/h1-8,10H,9H2,(H,19,21). The van der Waals surface area contributed by atoms with Crippen LogP contribution in [0.3, 0.4) is 0 Å². The predicted octanol–water partition coefficient (Wildman–Crippen LogP) is 1.85. The van der Waals surface area contributed by atoms with Crippen LogP contribution in [-0.4, -0.2) is 15.6 Å². The van der Waals surface area contributed by atoms with E-state index in [0.29, 0.717) is 16.5 Å². The van der Waals surface area contributed by atoms with E-state index in [0.717, 1.165) is 4.68 Å². The number of hydrogen-bond acceptors (Lipinski definition) is 3. The summed E-state index contributed by atoms with van der Waals surface area (Å²) < 4.78 is 14.1. The van der Waals surface area contributed by atoms with E-state index < -0.39 is 11.7 Å². The SMILES string of the molecule is O=C(Cc1cccc(F)c1)Nn1cnc2ccccc2c1=O. The number of amides is 1. The number of halogens is 1. The zero-order valence-corrected chi connectivity index (χ0v) is 11.5. The molecule has 0 bridgehead atoms. The van der Waals surface area contributed by atoms with Crippen molar-refractivity contribution in [3.63, 3.8) is 0 Å². The molecule has 0 fully saturated rings. The van der Waals surface area contributed by atoms with Crippen molar-refractivity contribution in [2.75, 3.05) is 5.43 Å². The summed E-state index contributed by atoms with van der Waals surface area (Å²) in [5, 5.41) is 0.413. The first-order valence-electron chi connectivity index (χ1n) is 6.64. The number of fused-ring (bicyclic) bond motifs is 1. The first-order valence-corrected chi connectivity index (χ1v) is 6.64. The third-order valence-electron chi connectivity index (χ3n) is 3.16. The lowest BCUT2D eigenvalue weighted by atomic mass is 10.1.